The van der Waals surface area contributed by atoms with Gasteiger partial charge in [0, 0.05) is 18.2 Å². The number of fused-ring (bicyclic) bond motifs is 1. The van der Waals surface area contributed by atoms with E-state index >= 15 is 0 Å². The van der Waals surface area contributed by atoms with Crippen molar-refractivity contribution >= 4 is 16.0 Å². The number of carbonyl (C=O) groups excluding carboxylic acids is 1. The van der Waals surface area contributed by atoms with Crippen molar-refractivity contribution in [3.63, 3.8) is 0 Å². The second-order valence-corrected chi connectivity index (χ2v) is 6.64. The summed E-state index contributed by atoms with van der Waals surface area (Å²) in [5, 5.41) is 0. The minimum atomic E-state index is -3.43. The average Bonchev–Trinajstić information content (AvgIpc) is 3.16. The molecule has 2 aliphatic rings. The maximum Gasteiger partial charge on any atom is 0.338 e. The molecule has 0 atom stereocenters. The van der Waals surface area contributed by atoms with Crippen LogP contribution >= 0.6 is 0 Å². The first-order valence-corrected chi connectivity index (χ1v) is 7.80. The Morgan fingerprint density at radius 3 is 2.79 bits per heavy atom. The van der Waals surface area contributed by atoms with Crippen molar-refractivity contribution in [2.75, 3.05) is 6.61 Å². The van der Waals surface area contributed by atoms with E-state index in [2.05, 4.69) is 0 Å². The number of benzene rings is 1. The first-order chi connectivity index (χ1) is 9.05. The zero-order valence-electron chi connectivity index (χ0n) is 10.6. The fourth-order valence-electron chi connectivity index (χ4n) is 2.43. The minimum Gasteiger partial charge on any atom is -0.462 e. The van der Waals surface area contributed by atoms with Gasteiger partial charge in [-0.1, -0.05) is 6.07 Å². The summed E-state index contributed by atoms with van der Waals surface area (Å²) in [6, 6.07) is 4.89. The molecule has 0 N–H and O–H groups in total. The number of esters is 1. The highest BCUT2D eigenvalue weighted by molar-refractivity contribution is 7.89. The van der Waals surface area contributed by atoms with Crippen LogP contribution in [0.25, 0.3) is 0 Å². The maximum atomic E-state index is 12.4. The summed E-state index contributed by atoms with van der Waals surface area (Å²) in [5.74, 6) is -0.452. The van der Waals surface area contributed by atoms with Crippen LogP contribution in [0, 0.1) is 0 Å². The first-order valence-electron chi connectivity index (χ1n) is 6.36. The van der Waals surface area contributed by atoms with Crippen LogP contribution in [0.4, 0.5) is 0 Å². The van der Waals surface area contributed by atoms with Crippen LogP contribution in [-0.4, -0.2) is 31.3 Å². The van der Waals surface area contributed by atoms with E-state index in [1.807, 2.05) is 0 Å². The number of carbonyl (C=O) groups is 1. The molecule has 0 bridgehead atoms. The van der Waals surface area contributed by atoms with Gasteiger partial charge in [-0.15, -0.1) is 0 Å². The molecule has 0 unspecified atom stereocenters. The lowest BCUT2D eigenvalue weighted by Crippen LogP contribution is -2.26. The third kappa shape index (κ3) is 1.95. The predicted molar refractivity (Wildman–Crippen MR) is 68.1 cm³/mol. The van der Waals surface area contributed by atoms with Gasteiger partial charge in [-0.2, -0.15) is 4.31 Å². The highest BCUT2D eigenvalue weighted by atomic mass is 32.2. The van der Waals surface area contributed by atoms with Gasteiger partial charge in [0.05, 0.1) is 17.1 Å². The molecule has 0 aromatic heterocycles. The summed E-state index contributed by atoms with van der Waals surface area (Å²) < 4.78 is 31.2. The Morgan fingerprint density at radius 2 is 2.16 bits per heavy atom. The summed E-state index contributed by atoms with van der Waals surface area (Å²) in [7, 11) is -3.43. The molecular formula is C13H15NO4S. The topological polar surface area (TPSA) is 63.7 Å². The Kier molecular flexibility index (Phi) is 2.87. The van der Waals surface area contributed by atoms with Crippen LogP contribution in [0.3, 0.4) is 0 Å². The molecule has 0 radical (unpaired) electrons. The van der Waals surface area contributed by atoms with Crippen molar-refractivity contribution in [2.45, 2.75) is 37.2 Å². The highest BCUT2D eigenvalue weighted by Gasteiger charge is 2.44. The molecule has 102 valence electrons. The lowest BCUT2D eigenvalue weighted by molar-refractivity contribution is 0.0524. The van der Waals surface area contributed by atoms with Crippen molar-refractivity contribution in [3.05, 3.63) is 29.3 Å². The fraction of sp³-hybridized carbons (Fsp3) is 0.462. The molecule has 1 aromatic carbocycles. The number of sulfonamides is 1. The third-order valence-corrected chi connectivity index (χ3v) is 5.47. The van der Waals surface area contributed by atoms with Gasteiger partial charge in [-0.3, -0.25) is 0 Å². The highest BCUT2D eigenvalue weighted by Crippen LogP contribution is 2.40. The predicted octanol–water partition coefficient (Wildman–Crippen LogP) is 1.53. The number of nitrogens with zero attached hydrogens (tertiary/aromatic N) is 1. The van der Waals surface area contributed by atoms with E-state index in [-0.39, 0.29) is 24.1 Å². The largest absolute Gasteiger partial charge is 0.462 e. The molecule has 0 amide bonds. The molecule has 0 spiro atoms. The summed E-state index contributed by atoms with van der Waals surface area (Å²) in [6.07, 6.45) is 1.81. The van der Waals surface area contributed by atoms with Crippen LogP contribution < -0.4 is 0 Å². The molecule has 3 rings (SSSR count). The van der Waals surface area contributed by atoms with E-state index < -0.39 is 16.0 Å². The van der Waals surface area contributed by atoms with Crippen LogP contribution in [-0.2, 0) is 21.3 Å². The SMILES string of the molecule is CCOC(=O)c1cccc2c1CN(C1CC1)S2(=O)=O. The van der Waals surface area contributed by atoms with Crippen molar-refractivity contribution in [1.82, 2.24) is 4.31 Å². The van der Waals surface area contributed by atoms with E-state index in [0.717, 1.165) is 12.8 Å². The van der Waals surface area contributed by atoms with Gasteiger partial charge in [0.1, 0.15) is 0 Å². The van der Waals surface area contributed by atoms with Gasteiger partial charge in [-0.25, -0.2) is 13.2 Å². The van der Waals surface area contributed by atoms with E-state index in [9.17, 15) is 13.2 Å². The van der Waals surface area contributed by atoms with Gasteiger partial charge in [0.15, 0.2) is 0 Å². The first kappa shape index (κ1) is 12.6. The second-order valence-electron chi connectivity index (χ2n) is 4.78. The zero-order valence-corrected chi connectivity index (χ0v) is 11.4. The van der Waals surface area contributed by atoms with Crippen molar-refractivity contribution in [3.8, 4) is 0 Å². The van der Waals surface area contributed by atoms with Gasteiger partial charge in [-0.05, 0) is 31.9 Å². The van der Waals surface area contributed by atoms with Gasteiger partial charge < -0.3 is 4.74 Å². The Morgan fingerprint density at radius 1 is 1.42 bits per heavy atom. The number of rotatable bonds is 3. The molecule has 5 nitrogen and oxygen atoms in total. The second kappa shape index (κ2) is 4.31. The summed E-state index contributed by atoms with van der Waals surface area (Å²) >= 11 is 0. The van der Waals surface area contributed by atoms with Crippen LogP contribution in [0.5, 0.6) is 0 Å². The molecular weight excluding hydrogens is 266 g/mol. The van der Waals surface area contributed by atoms with Gasteiger partial charge in [0.2, 0.25) is 10.0 Å². The molecule has 19 heavy (non-hydrogen) atoms. The molecule has 1 saturated carbocycles. The summed E-state index contributed by atoms with van der Waals surface area (Å²) in [4.78, 5) is 12.1. The van der Waals surface area contributed by atoms with Crippen molar-refractivity contribution < 1.29 is 17.9 Å². The van der Waals surface area contributed by atoms with E-state index in [4.69, 9.17) is 4.74 Å². The Hall–Kier alpha value is -1.40. The smallest absolute Gasteiger partial charge is 0.338 e. The molecule has 6 heteroatoms. The Balaban J connectivity index is 2.06. The molecule has 1 aliphatic carbocycles. The molecule has 0 saturated heterocycles. The normalized spacial score (nSPS) is 21.1. The van der Waals surface area contributed by atoms with Crippen molar-refractivity contribution in [2.24, 2.45) is 0 Å². The average molecular weight is 281 g/mol. The van der Waals surface area contributed by atoms with E-state index in [1.165, 1.54) is 4.31 Å². The zero-order chi connectivity index (χ0) is 13.6. The van der Waals surface area contributed by atoms with Crippen LogP contribution in [0.1, 0.15) is 35.7 Å². The van der Waals surface area contributed by atoms with Gasteiger partial charge >= 0.3 is 5.97 Å². The fourth-order valence-corrected chi connectivity index (χ4v) is 4.32. The third-order valence-electron chi connectivity index (χ3n) is 3.48. The molecule has 1 heterocycles. The maximum absolute atomic E-state index is 12.4. The summed E-state index contributed by atoms with van der Waals surface area (Å²) in [5.41, 5.74) is 0.943. The molecule has 1 aliphatic heterocycles. The van der Waals surface area contributed by atoms with E-state index in [0.29, 0.717) is 11.1 Å². The Bertz CT molecular complexity index is 634. The van der Waals surface area contributed by atoms with Crippen LogP contribution in [0.2, 0.25) is 0 Å². The lowest BCUT2D eigenvalue weighted by atomic mass is 10.1. The quantitative estimate of drug-likeness (QED) is 0.788. The number of ether oxygens (including phenoxy) is 1. The number of hydrogen-bond acceptors (Lipinski definition) is 4. The standard InChI is InChI=1S/C13H15NO4S/c1-2-18-13(15)10-4-3-5-12-11(10)8-14(9-6-7-9)19(12,16)17/h3-5,9H,2,6-8H2,1H3. The Labute approximate surface area is 112 Å². The minimum absolute atomic E-state index is 0.104. The molecule has 1 fully saturated rings. The van der Waals surface area contributed by atoms with Crippen LogP contribution in [0.15, 0.2) is 23.1 Å². The lowest BCUT2D eigenvalue weighted by Gasteiger charge is -2.12. The van der Waals surface area contributed by atoms with E-state index in [1.54, 1.807) is 25.1 Å². The summed E-state index contributed by atoms with van der Waals surface area (Å²) in [6.45, 7) is 2.30. The molecule has 1 aromatic rings. The van der Waals surface area contributed by atoms with Gasteiger partial charge in [0.25, 0.3) is 0 Å². The van der Waals surface area contributed by atoms with Crippen molar-refractivity contribution in [1.29, 1.82) is 0 Å². The number of hydrogen-bond donors (Lipinski definition) is 0. The monoisotopic (exact) mass is 281 g/mol.